The topological polar surface area (TPSA) is 97.1 Å². The van der Waals surface area contributed by atoms with Crippen molar-refractivity contribution in [1.29, 1.82) is 0 Å². The van der Waals surface area contributed by atoms with Crippen LogP contribution in [0.1, 0.15) is 38.1 Å². The summed E-state index contributed by atoms with van der Waals surface area (Å²) in [6.45, 7) is 4.90. The molecule has 0 saturated heterocycles. The summed E-state index contributed by atoms with van der Waals surface area (Å²) in [4.78, 5) is 29.0. The molecule has 0 fully saturated rings. The smallest absolute Gasteiger partial charge is 0.245 e. The third-order valence-corrected chi connectivity index (χ3v) is 4.06. The van der Waals surface area contributed by atoms with Crippen LogP contribution in [-0.4, -0.2) is 28.4 Å². The minimum absolute atomic E-state index is 0.259. The van der Waals surface area contributed by atoms with Crippen molar-refractivity contribution in [1.82, 2.24) is 15.6 Å². The lowest BCUT2D eigenvalue weighted by Crippen LogP contribution is -2.58. The fourth-order valence-corrected chi connectivity index (χ4v) is 2.48. The number of nitrogens with one attached hydrogen (secondary N) is 2. The number of nitrogens with zero attached hydrogens (tertiary/aromatic N) is 1. The van der Waals surface area contributed by atoms with Crippen LogP contribution in [0.5, 0.6) is 0 Å². The van der Waals surface area contributed by atoms with Gasteiger partial charge in [0.15, 0.2) is 0 Å². The van der Waals surface area contributed by atoms with Crippen molar-refractivity contribution >= 4 is 11.8 Å². The predicted octanol–water partition coefficient (Wildman–Crippen LogP) is 1.72. The lowest BCUT2D eigenvalue weighted by atomic mass is 9.98. The average molecular weight is 354 g/mol. The Labute approximate surface area is 154 Å². The molecule has 0 spiro atoms. The minimum atomic E-state index is -1.08. The van der Waals surface area contributed by atoms with Crippen molar-refractivity contribution in [2.45, 2.75) is 44.8 Å². The molecule has 6 nitrogen and oxygen atoms in total. The van der Waals surface area contributed by atoms with Gasteiger partial charge >= 0.3 is 0 Å². The Morgan fingerprint density at radius 3 is 2.35 bits per heavy atom. The highest BCUT2D eigenvalue weighted by atomic mass is 16.2. The molecule has 26 heavy (non-hydrogen) atoms. The summed E-state index contributed by atoms with van der Waals surface area (Å²) in [7, 11) is 0. The molecule has 2 amide bonds. The second-order valence-electron chi connectivity index (χ2n) is 6.86. The third-order valence-electron chi connectivity index (χ3n) is 4.06. The highest BCUT2D eigenvalue weighted by Crippen LogP contribution is 2.18. The Morgan fingerprint density at radius 1 is 1.12 bits per heavy atom. The van der Waals surface area contributed by atoms with Crippen LogP contribution < -0.4 is 16.4 Å². The molecule has 0 saturated carbocycles. The zero-order valence-electron chi connectivity index (χ0n) is 15.4. The van der Waals surface area contributed by atoms with E-state index >= 15 is 0 Å². The minimum Gasteiger partial charge on any atom is -0.347 e. The average Bonchev–Trinajstić information content (AvgIpc) is 2.62. The van der Waals surface area contributed by atoms with E-state index in [1.807, 2.05) is 48.5 Å². The number of carbonyl (C=O) groups excluding carboxylic acids is 2. The fraction of sp³-hybridized carbons (Fsp3) is 0.350. The Balaban J connectivity index is 2.18. The zero-order chi connectivity index (χ0) is 19.2. The second-order valence-corrected chi connectivity index (χ2v) is 6.86. The molecule has 0 aliphatic heterocycles. The van der Waals surface area contributed by atoms with Crippen molar-refractivity contribution in [3.8, 4) is 0 Å². The quantitative estimate of drug-likeness (QED) is 0.705. The van der Waals surface area contributed by atoms with E-state index in [9.17, 15) is 9.59 Å². The number of hydrogen-bond donors (Lipinski definition) is 3. The van der Waals surface area contributed by atoms with E-state index in [0.29, 0.717) is 6.42 Å². The fourth-order valence-electron chi connectivity index (χ4n) is 2.48. The molecule has 1 heterocycles. The Bertz CT molecular complexity index is 730. The van der Waals surface area contributed by atoms with Crippen LogP contribution in [0.15, 0.2) is 54.7 Å². The van der Waals surface area contributed by atoms with Gasteiger partial charge in [0, 0.05) is 18.3 Å². The van der Waals surface area contributed by atoms with E-state index in [1.165, 1.54) is 0 Å². The number of pyridine rings is 1. The van der Waals surface area contributed by atoms with E-state index in [4.69, 9.17) is 5.73 Å². The summed E-state index contributed by atoms with van der Waals surface area (Å²) >= 11 is 0. The molecule has 2 aromatic rings. The molecule has 4 N–H and O–H groups in total. The van der Waals surface area contributed by atoms with Gasteiger partial charge in [-0.25, -0.2) is 0 Å². The summed E-state index contributed by atoms with van der Waals surface area (Å²) in [5, 5.41) is 5.72. The maximum atomic E-state index is 12.8. The number of benzene rings is 1. The van der Waals surface area contributed by atoms with Crippen molar-refractivity contribution in [2.24, 2.45) is 5.73 Å². The van der Waals surface area contributed by atoms with Crippen LogP contribution in [0.2, 0.25) is 0 Å². The molecule has 0 aliphatic carbocycles. The largest absolute Gasteiger partial charge is 0.347 e. The van der Waals surface area contributed by atoms with E-state index in [-0.39, 0.29) is 17.9 Å². The van der Waals surface area contributed by atoms with Crippen molar-refractivity contribution in [3.63, 3.8) is 0 Å². The zero-order valence-corrected chi connectivity index (χ0v) is 15.4. The first-order chi connectivity index (χ1) is 12.3. The molecule has 2 rings (SSSR count). The summed E-state index contributed by atoms with van der Waals surface area (Å²) < 4.78 is 0. The molecule has 6 heteroatoms. The standard InChI is InChI=1S/C20H26N4O2/c1-14(21)18(25)24-20(2,3)19(26)23-17(15-9-5-4-6-10-15)13-16-11-7-8-12-22-16/h4-12,14,17H,13,21H2,1-3H3,(H,23,26)(H,24,25)/t14?,17-/m1/s1. The van der Waals surface area contributed by atoms with Crippen molar-refractivity contribution < 1.29 is 9.59 Å². The van der Waals surface area contributed by atoms with Gasteiger partial charge in [0.2, 0.25) is 11.8 Å². The molecule has 1 aromatic heterocycles. The van der Waals surface area contributed by atoms with Gasteiger partial charge in [0.05, 0.1) is 12.1 Å². The van der Waals surface area contributed by atoms with Crippen molar-refractivity contribution in [2.75, 3.05) is 0 Å². The number of amides is 2. The molecule has 0 radical (unpaired) electrons. The van der Waals surface area contributed by atoms with Crippen LogP contribution in [0, 0.1) is 0 Å². The first-order valence-electron chi connectivity index (χ1n) is 8.63. The Kier molecular flexibility index (Phi) is 6.46. The summed E-state index contributed by atoms with van der Waals surface area (Å²) in [6, 6.07) is 14.5. The number of hydrogen-bond acceptors (Lipinski definition) is 4. The number of rotatable bonds is 7. The number of carbonyl (C=O) groups is 2. The maximum absolute atomic E-state index is 12.8. The summed E-state index contributed by atoms with van der Waals surface area (Å²) in [6.07, 6.45) is 2.28. The van der Waals surface area contributed by atoms with E-state index in [1.54, 1.807) is 27.0 Å². The van der Waals surface area contributed by atoms with Gasteiger partial charge in [-0.05, 0) is 38.5 Å². The van der Waals surface area contributed by atoms with Gasteiger partial charge in [-0.3, -0.25) is 14.6 Å². The van der Waals surface area contributed by atoms with Crippen LogP contribution in [-0.2, 0) is 16.0 Å². The normalized spacial score (nSPS) is 13.5. The highest BCUT2D eigenvalue weighted by molar-refractivity contribution is 5.92. The SMILES string of the molecule is CC(N)C(=O)NC(C)(C)C(=O)N[C@H](Cc1ccccn1)c1ccccc1. The number of nitrogens with two attached hydrogens (primary N) is 1. The van der Waals surface area contributed by atoms with Gasteiger partial charge < -0.3 is 16.4 Å². The Morgan fingerprint density at radius 2 is 1.77 bits per heavy atom. The molecule has 2 atom stereocenters. The molecular formula is C20H26N4O2. The first kappa shape index (κ1) is 19.6. The lowest BCUT2D eigenvalue weighted by molar-refractivity contribution is -0.133. The molecule has 1 unspecified atom stereocenters. The second kappa shape index (κ2) is 8.58. The lowest BCUT2D eigenvalue weighted by Gasteiger charge is -2.29. The van der Waals surface area contributed by atoms with Gasteiger partial charge in [0.1, 0.15) is 5.54 Å². The highest BCUT2D eigenvalue weighted by Gasteiger charge is 2.32. The van der Waals surface area contributed by atoms with Crippen LogP contribution in [0.4, 0.5) is 0 Å². The summed E-state index contributed by atoms with van der Waals surface area (Å²) in [5.74, 6) is -0.651. The number of aromatic nitrogens is 1. The van der Waals surface area contributed by atoms with E-state index < -0.39 is 11.6 Å². The first-order valence-corrected chi connectivity index (χ1v) is 8.63. The van der Waals surface area contributed by atoms with Crippen LogP contribution in [0.25, 0.3) is 0 Å². The van der Waals surface area contributed by atoms with E-state index in [0.717, 1.165) is 11.3 Å². The van der Waals surface area contributed by atoms with Crippen LogP contribution in [0.3, 0.4) is 0 Å². The van der Waals surface area contributed by atoms with Gasteiger partial charge in [-0.2, -0.15) is 0 Å². The van der Waals surface area contributed by atoms with Gasteiger partial charge in [-0.1, -0.05) is 36.4 Å². The molecular weight excluding hydrogens is 328 g/mol. The Hall–Kier alpha value is -2.73. The maximum Gasteiger partial charge on any atom is 0.245 e. The molecule has 138 valence electrons. The van der Waals surface area contributed by atoms with Gasteiger partial charge in [-0.15, -0.1) is 0 Å². The molecule has 0 bridgehead atoms. The molecule has 1 aromatic carbocycles. The predicted molar refractivity (Wildman–Crippen MR) is 101 cm³/mol. The van der Waals surface area contributed by atoms with Crippen molar-refractivity contribution in [3.05, 3.63) is 66.0 Å². The molecule has 0 aliphatic rings. The third kappa shape index (κ3) is 5.39. The monoisotopic (exact) mass is 354 g/mol. The van der Waals surface area contributed by atoms with Gasteiger partial charge in [0.25, 0.3) is 0 Å². The van der Waals surface area contributed by atoms with Crippen LogP contribution >= 0.6 is 0 Å². The summed E-state index contributed by atoms with van der Waals surface area (Å²) in [5.41, 5.74) is 6.35. The van der Waals surface area contributed by atoms with E-state index in [2.05, 4.69) is 15.6 Å².